The molecule has 0 bridgehead atoms. The van der Waals surface area contributed by atoms with E-state index in [0.717, 1.165) is 0 Å². The molecule has 0 aliphatic carbocycles. The van der Waals surface area contributed by atoms with Gasteiger partial charge in [-0.2, -0.15) is 0 Å². The minimum atomic E-state index is 0.286. The Labute approximate surface area is 121 Å². The fourth-order valence-electron chi connectivity index (χ4n) is 3.08. The van der Waals surface area contributed by atoms with Gasteiger partial charge < -0.3 is 9.80 Å². The van der Waals surface area contributed by atoms with Crippen LogP contribution in [0.5, 0.6) is 0 Å². The summed E-state index contributed by atoms with van der Waals surface area (Å²) in [5, 5.41) is 0. The van der Waals surface area contributed by atoms with Crippen LogP contribution in [0.2, 0.25) is 0 Å². The summed E-state index contributed by atoms with van der Waals surface area (Å²) >= 11 is 0. The third-order valence-electron chi connectivity index (χ3n) is 4.28. The lowest BCUT2D eigenvalue weighted by molar-refractivity contribution is 0.693. The first-order chi connectivity index (χ1) is 9.59. The van der Waals surface area contributed by atoms with Crippen molar-refractivity contribution in [1.82, 2.24) is 0 Å². The Bertz CT molecular complexity index is 572. The van der Waals surface area contributed by atoms with Gasteiger partial charge in [0.25, 0.3) is 0 Å². The van der Waals surface area contributed by atoms with Gasteiger partial charge in [0.15, 0.2) is 0 Å². The molecule has 104 valence electrons. The van der Waals surface area contributed by atoms with Crippen molar-refractivity contribution in [1.29, 1.82) is 0 Å². The van der Waals surface area contributed by atoms with Gasteiger partial charge in [0.1, 0.15) is 6.17 Å². The van der Waals surface area contributed by atoms with Gasteiger partial charge in [-0.1, -0.05) is 50.2 Å². The Kier molecular flexibility index (Phi) is 3.17. The highest BCUT2D eigenvalue weighted by Crippen LogP contribution is 2.43. The zero-order valence-corrected chi connectivity index (χ0v) is 12.7. The van der Waals surface area contributed by atoms with Gasteiger partial charge in [0.2, 0.25) is 0 Å². The number of fused-ring (bicyclic) bond motifs is 1. The second kappa shape index (κ2) is 4.86. The standard InChI is InChI=1S/C18H22N2/c1-13(2)14-9-11-15(12-10-14)18-19(3)16-7-5-6-8-17(16)20(18)4/h5-13,18H,1-4H3. The second-order valence-electron chi connectivity index (χ2n) is 5.91. The van der Waals surface area contributed by atoms with E-state index >= 15 is 0 Å². The Morgan fingerprint density at radius 2 is 1.30 bits per heavy atom. The van der Waals surface area contributed by atoms with Gasteiger partial charge >= 0.3 is 0 Å². The van der Waals surface area contributed by atoms with E-state index in [0.29, 0.717) is 5.92 Å². The van der Waals surface area contributed by atoms with Crippen LogP contribution < -0.4 is 9.80 Å². The lowest BCUT2D eigenvalue weighted by atomic mass is 10.0. The summed E-state index contributed by atoms with van der Waals surface area (Å²) in [7, 11) is 4.34. The molecule has 0 N–H and O–H groups in total. The molecule has 1 aliphatic rings. The number of hydrogen-bond donors (Lipinski definition) is 0. The van der Waals surface area contributed by atoms with E-state index in [2.05, 4.69) is 86.3 Å². The molecule has 0 amide bonds. The van der Waals surface area contributed by atoms with Crippen LogP contribution in [0.15, 0.2) is 48.5 Å². The Morgan fingerprint density at radius 3 is 1.75 bits per heavy atom. The van der Waals surface area contributed by atoms with Gasteiger partial charge in [-0.05, 0) is 29.2 Å². The molecule has 0 saturated heterocycles. The quantitative estimate of drug-likeness (QED) is 0.795. The van der Waals surface area contributed by atoms with E-state index in [9.17, 15) is 0 Å². The SMILES string of the molecule is CC(C)c1ccc(C2N(C)c3ccccc3N2C)cc1. The van der Waals surface area contributed by atoms with Crippen LogP contribution >= 0.6 is 0 Å². The first-order valence-electron chi connectivity index (χ1n) is 7.24. The minimum Gasteiger partial charge on any atom is -0.349 e. The van der Waals surface area contributed by atoms with Crippen LogP contribution in [-0.4, -0.2) is 14.1 Å². The van der Waals surface area contributed by atoms with Gasteiger partial charge in [-0.3, -0.25) is 0 Å². The third kappa shape index (κ3) is 1.96. The summed E-state index contributed by atoms with van der Waals surface area (Å²) in [6.45, 7) is 4.47. The summed E-state index contributed by atoms with van der Waals surface area (Å²) < 4.78 is 0. The smallest absolute Gasteiger partial charge is 0.128 e. The van der Waals surface area contributed by atoms with Crippen molar-refractivity contribution >= 4 is 11.4 Å². The third-order valence-corrected chi connectivity index (χ3v) is 4.28. The molecular formula is C18H22N2. The van der Waals surface area contributed by atoms with Gasteiger partial charge in [0.05, 0.1) is 11.4 Å². The van der Waals surface area contributed by atoms with Crippen molar-refractivity contribution in [2.24, 2.45) is 0 Å². The molecule has 0 unspecified atom stereocenters. The fraction of sp³-hybridized carbons (Fsp3) is 0.333. The van der Waals surface area contributed by atoms with Crippen molar-refractivity contribution < 1.29 is 0 Å². The lowest BCUT2D eigenvalue weighted by Gasteiger charge is -2.28. The monoisotopic (exact) mass is 266 g/mol. The molecule has 0 radical (unpaired) electrons. The number of hydrogen-bond acceptors (Lipinski definition) is 2. The summed E-state index contributed by atoms with van der Waals surface area (Å²) in [6, 6.07) is 17.6. The average Bonchev–Trinajstić information content (AvgIpc) is 2.72. The van der Waals surface area contributed by atoms with E-state index in [4.69, 9.17) is 0 Å². The zero-order valence-electron chi connectivity index (χ0n) is 12.7. The highest BCUT2D eigenvalue weighted by atomic mass is 15.4. The van der Waals surface area contributed by atoms with Crippen LogP contribution in [0.25, 0.3) is 0 Å². The number of benzene rings is 2. The molecule has 2 heteroatoms. The minimum absolute atomic E-state index is 0.286. The Balaban J connectivity index is 1.96. The molecule has 20 heavy (non-hydrogen) atoms. The topological polar surface area (TPSA) is 6.48 Å². The summed E-state index contributed by atoms with van der Waals surface area (Å²) in [4.78, 5) is 4.69. The normalized spacial score (nSPS) is 15.1. The highest BCUT2D eigenvalue weighted by molar-refractivity contribution is 5.77. The van der Waals surface area contributed by atoms with Crippen LogP contribution in [0.3, 0.4) is 0 Å². The molecule has 1 aliphatic heterocycles. The first-order valence-corrected chi connectivity index (χ1v) is 7.24. The highest BCUT2D eigenvalue weighted by Gasteiger charge is 2.31. The number of nitrogens with zero attached hydrogens (tertiary/aromatic N) is 2. The van der Waals surface area contributed by atoms with E-state index < -0.39 is 0 Å². The molecule has 2 aromatic rings. The van der Waals surface area contributed by atoms with E-state index in [1.807, 2.05) is 0 Å². The number of para-hydroxylation sites is 2. The Hall–Kier alpha value is -1.96. The molecule has 2 aromatic carbocycles. The van der Waals surface area contributed by atoms with Crippen LogP contribution in [0.4, 0.5) is 11.4 Å². The molecular weight excluding hydrogens is 244 g/mol. The summed E-state index contributed by atoms with van der Waals surface area (Å²) in [6.07, 6.45) is 0.286. The molecule has 0 aromatic heterocycles. The van der Waals surface area contributed by atoms with Crippen molar-refractivity contribution in [3.05, 3.63) is 59.7 Å². The van der Waals surface area contributed by atoms with Crippen LogP contribution in [0.1, 0.15) is 37.1 Å². The van der Waals surface area contributed by atoms with Crippen LogP contribution in [0, 0.1) is 0 Å². The predicted octanol–water partition coefficient (Wildman–Crippen LogP) is 4.39. The van der Waals surface area contributed by atoms with E-state index in [-0.39, 0.29) is 6.17 Å². The van der Waals surface area contributed by atoms with Gasteiger partial charge in [-0.15, -0.1) is 0 Å². The van der Waals surface area contributed by atoms with Crippen molar-refractivity contribution in [3.8, 4) is 0 Å². The lowest BCUT2D eigenvalue weighted by Crippen LogP contribution is -2.30. The van der Waals surface area contributed by atoms with Crippen molar-refractivity contribution in [2.75, 3.05) is 23.9 Å². The van der Waals surface area contributed by atoms with Crippen molar-refractivity contribution in [3.63, 3.8) is 0 Å². The van der Waals surface area contributed by atoms with E-state index in [1.165, 1.54) is 22.5 Å². The second-order valence-corrected chi connectivity index (χ2v) is 5.91. The molecule has 2 nitrogen and oxygen atoms in total. The summed E-state index contributed by atoms with van der Waals surface area (Å²) in [5.74, 6) is 0.584. The van der Waals surface area contributed by atoms with Gasteiger partial charge in [-0.25, -0.2) is 0 Å². The maximum absolute atomic E-state index is 2.35. The molecule has 0 saturated carbocycles. The van der Waals surface area contributed by atoms with Crippen molar-refractivity contribution in [2.45, 2.75) is 25.9 Å². The first kappa shape index (κ1) is 13.0. The number of rotatable bonds is 2. The molecule has 0 fully saturated rings. The Morgan fingerprint density at radius 1 is 0.800 bits per heavy atom. The average molecular weight is 266 g/mol. The fourth-order valence-corrected chi connectivity index (χ4v) is 3.08. The van der Waals surface area contributed by atoms with E-state index in [1.54, 1.807) is 0 Å². The largest absolute Gasteiger partial charge is 0.349 e. The molecule has 0 spiro atoms. The maximum Gasteiger partial charge on any atom is 0.128 e. The molecule has 1 heterocycles. The van der Waals surface area contributed by atoms with Crippen LogP contribution in [-0.2, 0) is 0 Å². The van der Waals surface area contributed by atoms with Gasteiger partial charge in [0, 0.05) is 14.1 Å². The zero-order chi connectivity index (χ0) is 14.3. The molecule has 3 rings (SSSR count). The molecule has 0 atom stereocenters. The summed E-state index contributed by atoms with van der Waals surface area (Å²) in [5.41, 5.74) is 5.34. The predicted molar refractivity (Wildman–Crippen MR) is 86.5 cm³/mol. The number of anilines is 2. The maximum atomic E-state index is 2.35.